The molecule has 1 heterocycles. The van der Waals surface area contributed by atoms with E-state index in [4.69, 9.17) is 10.2 Å². The van der Waals surface area contributed by atoms with Crippen LogP contribution in [0.2, 0.25) is 0 Å². The Balaban J connectivity index is 2.34. The predicted molar refractivity (Wildman–Crippen MR) is 74.8 cm³/mol. The number of aliphatic carboxylic acids is 1. The number of carboxylic acid groups (broad SMARTS) is 1. The summed E-state index contributed by atoms with van der Waals surface area (Å²) in [6.07, 6.45) is 2.45. The summed E-state index contributed by atoms with van der Waals surface area (Å²) >= 11 is 0. The SMILES string of the molecule is NS(=O)(=O)c1cn(CCCCC(=O)O)c2ccc(F)cc12. The van der Waals surface area contributed by atoms with Gasteiger partial charge in [-0.05, 0) is 31.0 Å². The van der Waals surface area contributed by atoms with Crippen molar-refractivity contribution in [2.45, 2.75) is 30.7 Å². The van der Waals surface area contributed by atoms with Crippen molar-refractivity contribution in [1.82, 2.24) is 4.57 Å². The van der Waals surface area contributed by atoms with Crippen LogP contribution in [0.25, 0.3) is 10.9 Å². The van der Waals surface area contributed by atoms with Crippen LogP contribution in [0.4, 0.5) is 4.39 Å². The molecule has 0 saturated carbocycles. The van der Waals surface area contributed by atoms with Gasteiger partial charge in [-0.15, -0.1) is 0 Å². The largest absolute Gasteiger partial charge is 0.481 e. The minimum atomic E-state index is -3.95. The fourth-order valence-corrected chi connectivity index (χ4v) is 2.95. The molecule has 21 heavy (non-hydrogen) atoms. The molecule has 0 unspecified atom stereocenters. The van der Waals surface area contributed by atoms with Crippen LogP contribution in [0.15, 0.2) is 29.3 Å². The van der Waals surface area contributed by atoms with Gasteiger partial charge in [-0.25, -0.2) is 17.9 Å². The monoisotopic (exact) mass is 314 g/mol. The Morgan fingerprint density at radius 3 is 2.67 bits per heavy atom. The summed E-state index contributed by atoms with van der Waals surface area (Å²) in [6, 6.07) is 3.85. The molecule has 2 rings (SSSR count). The number of sulfonamides is 1. The lowest BCUT2D eigenvalue weighted by Crippen LogP contribution is -2.11. The Hall–Kier alpha value is -1.93. The third-order valence-corrected chi connectivity index (χ3v) is 4.09. The summed E-state index contributed by atoms with van der Waals surface area (Å²) in [7, 11) is -3.95. The van der Waals surface area contributed by atoms with Gasteiger partial charge < -0.3 is 9.67 Å². The zero-order valence-electron chi connectivity index (χ0n) is 11.1. The molecule has 0 atom stereocenters. The van der Waals surface area contributed by atoms with E-state index in [2.05, 4.69) is 0 Å². The lowest BCUT2D eigenvalue weighted by atomic mass is 10.2. The van der Waals surface area contributed by atoms with Crippen molar-refractivity contribution in [2.24, 2.45) is 5.14 Å². The smallest absolute Gasteiger partial charge is 0.303 e. The number of hydrogen-bond donors (Lipinski definition) is 2. The fraction of sp³-hybridized carbons (Fsp3) is 0.308. The van der Waals surface area contributed by atoms with E-state index in [9.17, 15) is 17.6 Å². The second kappa shape index (κ2) is 5.82. The molecule has 0 radical (unpaired) electrons. The lowest BCUT2D eigenvalue weighted by Gasteiger charge is -2.04. The van der Waals surface area contributed by atoms with Crippen molar-refractivity contribution < 1.29 is 22.7 Å². The number of carbonyl (C=O) groups is 1. The molecule has 8 heteroatoms. The number of unbranched alkanes of at least 4 members (excludes halogenated alkanes) is 1. The number of nitrogens with zero attached hydrogens (tertiary/aromatic N) is 1. The van der Waals surface area contributed by atoms with Crippen LogP contribution in [-0.4, -0.2) is 24.1 Å². The molecule has 1 aromatic heterocycles. The summed E-state index contributed by atoms with van der Waals surface area (Å²) in [6.45, 7) is 0.435. The van der Waals surface area contributed by atoms with Gasteiger partial charge in [0, 0.05) is 30.1 Å². The maximum absolute atomic E-state index is 13.3. The van der Waals surface area contributed by atoms with Crippen molar-refractivity contribution in [3.63, 3.8) is 0 Å². The zero-order valence-corrected chi connectivity index (χ0v) is 11.9. The van der Waals surface area contributed by atoms with Gasteiger partial charge in [0.25, 0.3) is 0 Å². The molecule has 1 aromatic carbocycles. The molecular formula is C13H15FN2O4S. The van der Waals surface area contributed by atoms with E-state index < -0.39 is 21.8 Å². The minimum Gasteiger partial charge on any atom is -0.481 e. The molecular weight excluding hydrogens is 299 g/mol. The van der Waals surface area contributed by atoms with Gasteiger partial charge in [-0.2, -0.15) is 0 Å². The number of carboxylic acids is 1. The average Bonchev–Trinajstić information content (AvgIpc) is 2.72. The van der Waals surface area contributed by atoms with Crippen molar-refractivity contribution in [3.8, 4) is 0 Å². The topological polar surface area (TPSA) is 102 Å². The first-order valence-corrected chi connectivity index (χ1v) is 7.86. The lowest BCUT2D eigenvalue weighted by molar-refractivity contribution is -0.137. The first-order valence-electron chi connectivity index (χ1n) is 6.32. The van der Waals surface area contributed by atoms with Crippen LogP contribution in [0.3, 0.4) is 0 Å². The number of nitrogens with two attached hydrogens (primary N) is 1. The highest BCUT2D eigenvalue weighted by molar-refractivity contribution is 7.89. The number of aromatic nitrogens is 1. The maximum Gasteiger partial charge on any atom is 0.303 e. The quantitative estimate of drug-likeness (QED) is 0.792. The van der Waals surface area contributed by atoms with Crippen LogP contribution < -0.4 is 5.14 Å². The zero-order chi connectivity index (χ0) is 15.6. The highest BCUT2D eigenvalue weighted by Gasteiger charge is 2.17. The van der Waals surface area contributed by atoms with Crippen LogP contribution in [0.5, 0.6) is 0 Å². The number of rotatable bonds is 6. The highest BCUT2D eigenvalue weighted by Crippen LogP contribution is 2.26. The van der Waals surface area contributed by atoms with Crippen molar-refractivity contribution >= 4 is 26.9 Å². The van der Waals surface area contributed by atoms with Crippen molar-refractivity contribution in [3.05, 3.63) is 30.2 Å². The summed E-state index contributed by atoms with van der Waals surface area (Å²) in [5, 5.41) is 14.0. The predicted octanol–water partition coefficient (Wildman–Crippen LogP) is 1.68. The van der Waals surface area contributed by atoms with E-state index in [0.29, 0.717) is 24.9 Å². The number of benzene rings is 1. The normalized spacial score (nSPS) is 11.9. The van der Waals surface area contributed by atoms with Crippen LogP contribution in [0, 0.1) is 5.82 Å². The third kappa shape index (κ3) is 3.59. The molecule has 0 saturated heterocycles. The number of aryl methyl sites for hydroxylation is 1. The van der Waals surface area contributed by atoms with E-state index in [1.807, 2.05) is 0 Å². The Labute approximate surface area is 121 Å². The fourth-order valence-electron chi connectivity index (χ4n) is 2.21. The molecule has 0 aliphatic heterocycles. The number of hydrogen-bond acceptors (Lipinski definition) is 3. The second-order valence-electron chi connectivity index (χ2n) is 4.74. The van der Waals surface area contributed by atoms with Crippen molar-refractivity contribution in [1.29, 1.82) is 0 Å². The number of fused-ring (bicyclic) bond motifs is 1. The first-order chi connectivity index (χ1) is 9.79. The van der Waals surface area contributed by atoms with Gasteiger partial charge in [0.05, 0.1) is 0 Å². The first kappa shape index (κ1) is 15.5. The molecule has 0 aliphatic rings. The molecule has 0 amide bonds. The Morgan fingerprint density at radius 2 is 2.05 bits per heavy atom. The van der Waals surface area contributed by atoms with E-state index in [1.165, 1.54) is 18.3 Å². The average molecular weight is 314 g/mol. The molecule has 0 aliphatic carbocycles. The summed E-state index contributed by atoms with van der Waals surface area (Å²) in [4.78, 5) is 10.3. The summed E-state index contributed by atoms with van der Waals surface area (Å²) < 4.78 is 38.1. The Morgan fingerprint density at radius 1 is 1.33 bits per heavy atom. The van der Waals surface area contributed by atoms with Gasteiger partial charge in [-0.3, -0.25) is 4.79 Å². The van der Waals surface area contributed by atoms with Gasteiger partial charge in [-0.1, -0.05) is 0 Å². The molecule has 0 fully saturated rings. The molecule has 0 spiro atoms. The summed E-state index contributed by atoms with van der Waals surface area (Å²) in [5.74, 6) is -1.42. The number of halogens is 1. The van der Waals surface area contributed by atoms with Gasteiger partial charge in [0.1, 0.15) is 10.7 Å². The van der Waals surface area contributed by atoms with Gasteiger partial charge in [0.2, 0.25) is 10.0 Å². The van der Waals surface area contributed by atoms with E-state index >= 15 is 0 Å². The van der Waals surface area contributed by atoms with E-state index in [0.717, 1.165) is 6.07 Å². The molecule has 114 valence electrons. The molecule has 2 aromatic rings. The van der Waals surface area contributed by atoms with Gasteiger partial charge >= 0.3 is 5.97 Å². The standard InChI is InChI=1S/C13H15FN2O4S/c14-9-4-5-11-10(7-9)12(21(15,19)20)8-16(11)6-2-1-3-13(17)18/h4-5,7-8H,1-3,6H2,(H,17,18)(H2,15,19,20). The van der Waals surface area contributed by atoms with E-state index in [-0.39, 0.29) is 16.7 Å². The Bertz CT molecular complexity index is 783. The van der Waals surface area contributed by atoms with Crippen LogP contribution in [-0.2, 0) is 21.4 Å². The van der Waals surface area contributed by atoms with E-state index in [1.54, 1.807) is 4.57 Å². The molecule has 0 bridgehead atoms. The Kier molecular flexibility index (Phi) is 4.29. The van der Waals surface area contributed by atoms with Crippen LogP contribution in [0.1, 0.15) is 19.3 Å². The summed E-state index contributed by atoms with van der Waals surface area (Å²) in [5.41, 5.74) is 0.552. The van der Waals surface area contributed by atoms with Crippen molar-refractivity contribution in [2.75, 3.05) is 0 Å². The minimum absolute atomic E-state index is 0.0515. The third-order valence-electron chi connectivity index (χ3n) is 3.15. The second-order valence-corrected chi connectivity index (χ2v) is 6.27. The number of primary sulfonamides is 1. The maximum atomic E-state index is 13.3. The van der Waals surface area contributed by atoms with Crippen LogP contribution >= 0.6 is 0 Å². The molecule has 6 nitrogen and oxygen atoms in total. The molecule has 3 N–H and O–H groups in total. The highest BCUT2D eigenvalue weighted by atomic mass is 32.2. The van der Waals surface area contributed by atoms with Gasteiger partial charge in [0.15, 0.2) is 0 Å².